The molecule has 0 spiro atoms. The first-order chi connectivity index (χ1) is 22.5. The highest BCUT2D eigenvalue weighted by Gasteiger charge is 2.35. The number of rotatable bonds is 15. The summed E-state index contributed by atoms with van der Waals surface area (Å²) >= 11 is 0. The van der Waals surface area contributed by atoms with Crippen molar-refractivity contribution in [3.63, 3.8) is 0 Å². The largest absolute Gasteiger partial charge is 0.488 e. The van der Waals surface area contributed by atoms with Crippen LogP contribution in [0.25, 0.3) is 0 Å². The first-order valence-corrected chi connectivity index (χ1v) is 17.4. The van der Waals surface area contributed by atoms with Crippen LogP contribution in [-0.2, 0) is 24.6 Å². The highest BCUT2D eigenvalue weighted by molar-refractivity contribution is 7.48. The van der Waals surface area contributed by atoms with Crippen LogP contribution in [0.1, 0.15) is 78.5 Å². The fourth-order valence-electron chi connectivity index (χ4n) is 6.24. The summed E-state index contributed by atoms with van der Waals surface area (Å²) in [6.45, 7) is 5.06. The summed E-state index contributed by atoms with van der Waals surface area (Å²) in [5.74, 6) is 0.754. The number of hydrogen-bond donors (Lipinski definition) is 0. The van der Waals surface area contributed by atoms with E-state index in [0.717, 1.165) is 60.7 Å². The van der Waals surface area contributed by atoms with E-state index in [1.54, 1.807) is 25.4 Å². The number of hydrogen-bond acceptors (Lipinski definition) is 2. The smallest absolute Gasteiger partial charge is 0.127 e. The quantitative estimate of drug-likeness (QED) is 0.0834. The highest BCUT2D eigenvalue weighted by atomic mass is 31.1. The van der Waals surface area contributed by atoms with Crippen molar-refractivity contribution in [2.75, 3.05) is 7.05 Å². The fourth-order valence-corrected chi connectivity index (χ4v) is 8.00. The monoisotopic (exact) mass is 629 g/mol. The fraction of sp³-hybridized carbons (Fsp3) is 0.262. The minimum Gasteiger partial charge on any atom is -0.488 e. The Hall–Kier alpha value is -4.07. The molecule has 0 N–H and O–H groups in total. The summed E-state index contributed by atoms with van der Waals surface area (Å²) in [7, 11) is 2.17. The Labute approximate surface area is 276 Å². The van der Waals surface area contributed by atoms with Gasteiger partial charge in [0.05, 0.1) is 0 Å². The van der Waals surface area contributed by atoms with Gasteiger partial charge in [0.1, 0.15) is 18.2 Å². The maximum atomic E-state index is 14.5. The molecule has 0 heterocycles. The summed E-state index contributed by atoms with van der Waals surface area (Å²) in [5.41, 5.74) is 8.30. The molecule has 0 aromatic heterocycles. The zero-order valence-corrected chi connectivity index (χ0v) is 28.3. The topological polar surface area (TPSA) is 21.6 Å². The zero-order valence-electron chi connectivity index (χ0n) is 27.3. The van der Waals surface area contributed by atoms with E-state index in [9.17, 15) is 4.39 Å². The summed E-state index contributed by atoms with van der Waals surface area (Å²) < 4.78 is 21.5. The summed E-state index contributed by atoms with van der Waals surface area (Å²) in [4.78, 5) is 4.29. The predicted octanol–water partition coefficient (Wildman–Crippen LogP) is 10.4. The molecule has 0 amide bonds. The van der Waals surface area contributed by atoms with Crippen LogP contribution in [-0.4, -0.2) is 13.3 Å². The SMILES string of the molecule is CCCCC(CC)(Pc1ccc(F)cc1C=NC)c1cc(Cc2ccccc2)cc(Cc2ccccc2)c1OCc1ccccc1. The van der Waals surface area contributed by atoms with E-state index >= 15 is 0 Å². The van der Waals surface area contributed by atoms with E-state index in [2.05, 4.69) is 116 Å². The molecule has 0 aliphatic rings. The molecule has 46 heavy (non-hydrogen) atoms. The predicted molar refractivity (Wildman–Crippen MR) is 195 cm³/mol. The van der Waals surface area contributed by atoms with Crippen molar-refractivity contribution < 1.29 is 9.13 Å². The molecule has 0 fully saturated rings. The number of unbranched alkanes of at least 4 members (excludes halogenated alkanes) is 1. The average Bonchev–Trinajstić information content (AvgIpc) is 3.08. The molecule has 0 radical (unpaired) electrons. The third-order valence-electron chi connectivity index (χ3n) is 8.67. The van der Waals surface area contributed by atoms with Crippen LogP contribution in [0, 0.1) is 5.82 Å². The van der Waals surface area contributed by atoms with E-state index in [-0.39, 0.29) is 11.0 Å². The van der Waals surface area contributed by atoms with Gasteiger partial charge in [-0.2, -0.15) is 0 Å². The Balaban J connectivity index is 1.72. The summed E-state index contributed by atoms with van der Waals surface area (Å²) in [6.07, 6.45) is 7.56. The summed E-state index contributed by atoms with van der Waals surface area (Å²) in [6, 6.07) is 41.8. The van der Waals surface area contributed by atoms with E-state index < -0.39 is 0 Å². The highest BCUT2D eigenvalue weighted by Crippen LogP contribution is 2.53. The van der Waals surface area contributed by atoms with Gasteiger partial charge in [-0.05, 0) is 64.5 Å². The molecule has 0 saturated carbocycles. The number of nitrogens with zero attached hydrogens (tertiary/aromatic N) is 1. The molecule has 5 aromatic rings. The van der Waals surface area contributed by atoms with Crippen LogP contribution in [0.2, 0.25) is 0 Å². The molecule has 0 aliphatic heterocycles. The Morgan fingerprint density at radius 1 is 0.739 bits per heavy atom. The van der Waals surface area contributed by atoms with Crippen molar-refractivity contribution in [2.45, 2.75) is 64.1 Å². The van der Waals surface area contributed by atoms with Gasteiger partial charge in [-0.1, -0.05) is 144 Å². The molecule has 0 saturated heterocycles. The second kappa shape index (κ2) is 16.5. The Bertz CT molecular complexity index is 1700. The van der Waals surface area contributed by atoms with Crippen molar-refractivity contribution >= 4 is 20.1 Å². The molecular weight excluding hydrogens is 584 g/mol. The minimum absolute atomic E-state index is 0.200. The normalized spacial score (nSPS) is 13.0. The van der Waals surface area contributed by atoms with E-state index in [1.807, 2.05) is 12.1 Å². The van der Waals surface area contributed by atoms with Crippen molar-refractivity contribution in [3.8, 4) is 5.75 Å². The standard InChI is InChI=1S/C42H45FNOP/c1-4-6-24-42(5-2,46-40-23-22-38(43)29-37(40)30-44-3)39-28-35(25-32-16-10-7-11-17-32)27-36(26-33-18-12-8-13-19-33)41(39)45-31-34-20-14-9-15-21-34/h7-23,27-30,46H,4-6,24-26,31H2,1-3H3. The summed E-state index contributed by atoms with van der Waals surface area (Å²) in [5, 5.41) is 0.936. The van der Waals surface area contributed by atoms with Gasteiger partial charge in [-0.25, -0.2) is 4.39 Å². The molecule has 2 unspecified atom stereocenters. The lowest BCUT2D eigenvalue weighted by molar-refractivity contribution is 0.294. The van der Waals surface area contributed by atoms with Crippen LogP contribution >= 0.6 is 8.58 Å². The molecular formula is C42H45FNOP. The van der Waals surface area contributed by atoms with Crippen LogP contribution in [0.4, 0.5) is 4.39 Å². The number of aliphatic imine (C=N–C) groups is 1. The van der Waals surface area contributed by atoms with Gasteiger partial charge in [-0.15, -0.1) is 0 Å². The number of halogens is 1. The zero-order chi connectivity index (χ0) is 32.2. The van der Waals surface area contributed by atoms with Crippen molar-refractivity contribution in [1.29, 1.82) is 0 Å². The van der Waals surface area contributed by atoms with Crippen LogP contribution in [0.5, 0.6) is 5.75 Å². The van der Waals surface area contributed by atoms with Crippen LogP contribution in [0.3, 0.4) is 0 Å². The first-order valence-electron chi connectivity index (χ1n) is 16.4. The maximum absolute atomic E-state index is 14.5. The second-order valence-corrected chi connectivity index (χ2v) is 13.8. The lowest BCUT2D eigenvalue weighted by atomic mass is 9.85. The lowest BCUT2D eigenvalue weighted by Crippen LogP contribution is -2.26. The molecule has 5 rings (SSSR count). The van der Waals surface area contributed by atoms with Crippen molar-refractivity contribution in [1.82, 2.24) is 0 Å². The van der Waals surface area contributed by atoms with Crippen LogP contribution in [0.15, 0.2) is 126 Å². The maximum Gasteiger partial charge on any atom is 0.127 e. The molecule has 236 valence electrons. The molecule has 0 aliphatic carbocycles. The average molecular weight is 630 g/mol. The Morgan fingerprint density at radius 3 is 1.98 bits per heavy atom. The minimum atomic E-state index is -0.235. The van der Waals surface area contributed by atoms with Gasteiger partial charge in [0.2, 0.25) is 0 Å². The van der Waals surface area contributed by atoms with Crippen molar-refractivity contribution in [3.05, 3.63) is 166 Å². The molecule has 5 aromatic carbocycles. The molecule has 4 heteroatoms. The van der Waals surface area contributed by atoms with Gasteiger partial charge in [0.25, 0.3) is 0 Å². The first kappa shape index (κ1) is 33.3. The van der Waals surface area contributed by atoms with Gasteiger partial charge < -0.3 is 4.74 Å². The Morgan fingerprint density at radius 2 is 1.37 bits per heavy atom. The van der Waals surface area contributed by atoms with E-state index in [0.29, 0.717) is 15.2 Å². The van der Waals surface area contributed by atoms with Gasteiger partial charge in [0, 0.05) is 36.0 Å². The van der Waals surface area contributed by atoms with Gasteiger partial charge in [-0.3, -0.25) is 4.99 Å². The third-order valence-corrected chi connectivity index (χ3v) is 10.7. The van der Waals surface area contributed by atoms with Crippen molar-refractivity contribution in [2.24, 2.45) is 4.99 Å². The molecule has 2 atom stereocenters. The number of benzene rings is 5. The lowest BCUT2D eigenvalue weighted by Gasteiger charge is -2.37. The van der Waals surface area contributed by atoms with Gasteiger partial charge in [0.15, 0.2) is 0 Å². The van der Waals surface area contributed by atoms with Crippen LogP contribution < -0.4 is 10.0 Å². The van der Waals surface area contributed by atoms with E-state index in [1.165, 1.54) is 27.8 Å². The number of ether oxygens (including phenoxy) is 1. The van der Waals surface area contributed by atoms with E-state index in [4.69, 9.17) is 4.74 Å². The molecule has 2 nitrogen and oxygen atoms in total. The third kappa shape index (κ3) is 8.59. The Kier molecular flexibility index (Phi) is 11.9. The van der Waals surface area contributed by atoms with Gasteiger partial charge >= 0.3 is 0 Å². The molecule has 0 bridgehead atoms. The second-order valence-electron chi connectivity index (χ2n) is 12.0.